The molecule has 1 amide bonds. The summed E-state index contributed by atoms with van der Waals surface area (Å²) in [5, 5.41) is 3.02. The molecule has 0 radical (unpaired) electrons. The number of aromatic nitrogens is 2. The van der Waals surface area contributed by atoms with E-state index in [1.54, 1.807) is 23.7 Å². The first-order valence-electron chi connectivity index (χ1n) is 7.29. The summed E-state index contributed by atoms with van der Waals surface area (Å²) in [5.74, 6) is 0.196. The molecule has 0 saturated carbocycles. The predicted molar refractivity (Wildman–Crippen MR) is 86.2 cm³/mol. The number of carbonyl (C=O) groups is 1. The molecule has 0 aliphatic carbocycles. The van der Waals surface area contributed by atoms with Crippen molar-refractivity contribution in [3.05, 3.63) is 35.6 Å². The Labute approximate surface area is 129 Å². The van der Waals surface area contributed by atoms with Gasteiger partial charge in [0.2, 0.25) is 5.91 Å². The molecule has 0 bridgehead atoms. The monoisotopic (exact) mass is 303 g/mol. The lowest BCUT2D eigenvalue weighted by atomic mass is 10.2. The van der Waals surface area contributed by atoms with Gasteiger partial charge in [-0.05, 0) is 25.0 Å². The molecule has 21 heavy (non-hydrogen) atoms. The second-order valence-electron chi connectivity index (χ2n) is 5.05. The highest BCUT2D eigenvalue weighted by Crippen LogP contribution is 2.23. The summed E-state index contributed by atoms with van der Waals surface area (Å²) in [5.41, 5.74) is 2.07. The van der Waals surface area contributed by atoms with Crippen LogP contribution in [0.25, 0.3) is 10.6 Å². The molecule has 2 aromatic rings. The van der Waals surface area contributed by atoms with Crippen LogP contribution < -0.4 is 0 Å². The van der Waals surface area contributed by atoms with Crippen LogP contribution in [0.1, 0.15) is 31.9 Å². The maximum atomic E-state index is 12.0. The highest BCUT2D eigenvalue weighted by molar-refractivity contribution is 7.13. The van der Waals surface area contributed by atoms with Gasteiger partial charge in [0, 0.05) is 43.4 Å². The molecule has 5 heteroatoms. The smallest absolute Gasteiger partial charge is 0.222 e. The largest absolute Gasteiger partial charge is 0.346 e. The Balaban J connectivity index is 1.87. The van der Waals surface area contributed by atoms with Crippen molar-refractivity contribution in [2.24, 2.45) is 0 Å². The van der Waals surface area contributed by atoms with Gasteiger partial charge in [-0.25, -0.2) is 4.98 Å². The van der Waals surface area contributed by atoms with E-state index in [1.807, 2.05) is 29.5 Å². The molecule has 2 aromatic heterocycles. The molecule has 0 aliphatic rings. The number of rotatable bonds is 7. The van der Waals surface area contributed by atoms with Crippen LogP contribution in [-0.2, 0) is 11.2 Å². The van der Waals surface area contributed by atoms with E-state index in [-0.39, 0.29) is 5.91 Å². The first-order valence-corrected chi connectivity index (χ1v) is 8.17. The van der Waals surface area contributed by atoms with Gasteiger partial charge in [-0.2, -0.15) is 0 Å². The summed E-state index contributed by atoms with van der Waals surface area (Å²) in [6, 6.07) is 3.90. The number of pyridine rings is 1. The number of unbranched alkanes of at least 4 members (excludes halogenated alkanes) is 1. The SMILES string of the molecule is CCCCN(C)C(=O)CCc1csc(-c2ccncc2)n1. The van der Waals surface area contributed by atoms with Crippen molar-refractivity contribution >= 4 is 17.2 Å². The lowest BCUT2D eigenvalue weighted by Gasteiger charge is -2.16. The lowest BCUT2D eigenvalue weighted by Crippen LogP contribution is -2.27. The maximum Gasteiger partial charge on any atom is 0.222 e. The van der Waals surface area contributed by atoms with Gasteiger partial charge in [0.25, 0.3) is 0 Å². The number of nitrogens with zero attached hydrogens (tertiary/aromatic N) is 3. The summed E-state index contributed by atoms with van der Waals surface area (Å²) in [6.45, 7) is 2.98. The second-order valence-corrected chi connectivity index (χ2v) is 5.91. The highest BCUT2D eigenvalue weighted by Gasteiger charge is 2.10. The fraction of sp³-hybridized carbons (Fsp3) is 0.438. The molecule has 2 rings (SSSR count). The topological polar surface area (TPSA) is 46.1 Å². The van der Waals surface area contributed by atoms with E-state index < -0.39 is 0 Å². The van der Waals surface area contributed by atoms with E-state index in [0.29, 0.717) is 12.8 Å². The number of amides is 1. The molecule has 2 heterocycles. The van der Waals surface area contributed by atoms with Crippen molar-refractivity contribution in [2.45, 2.75) is 32.6 Å². The molecule has 0 atom stereocenters. The van der Waals surface area contributed by atoms with Crippen LogP contribution in [-0.4, -0.2) is 34.4 Å². The minimum Gasteiger partial charge on any atom is -0.346 e. The van der Waals surface area contributed by atoms with E-state index in [2.05, 4.69) is 16.9 Å². The van der Waals surface area contributed by atoms with E-state index in [1.165, 1.54) is 0 Å². The fourth-order valence-corrected chi connectivity index (χ4v) is 2.86. The summed E-state index contributed by atoms with van der Waals surface area (Å²) in [6.07, 6.45) is 6.94. The van der Waals surface area contributed by atoms with Crippen LogP contribution in [0.2, 0.25) is 0 Å². The van der Waals surface area contributed by atoms with Gasteiger partial charge in [-0.1, -0.05) is 13.3 Å². The number of hydrogen-bond donors (Lipinski definition) is 0. The van der Waals surface area contributed by atoms with E-state index >= 15 is 0 Å². The van der Waals surface area contributed by atoms with Crippen LogP contribution in [0.3, 0.4) is 0 Å². The van der Waals surface area contributed by atoms with E-state index in [4.69, 9.17) is 0 Å². The van der Waals surface area contributed by atoms with Crippen LogP contribution in [0.5, 0.6) is 0 Å². The standard InChI is InChI=1S/C16H21N3OS/c1-3-4-11-19(2)15(20)6-5-14-12-21-16(18-14)13-7-9-17-10-8-13/h7-10,12H,3-6,11H2,1-2H3. The average Bonchev–Trinajstić information content (AvgIpc) is 3.00. The third-order valence-electron chi connectivity index (χ3n) is 3.35. The van der Waals surface area contributed by atoms with Gasteiger partial charge >= 0.3 is 0 Å². The number of thiazole rings is 1. The van der Waals surface area contributed by atoms with Gasteiger partial charge < -0.3 is 4.90 Å². The summed E-state index contributed by atoms with van der Waals surface area (Å²) >= 11 is 1.61. The molecule has 4 nitrogen and oxygen atoms in total. The molecule has 112 valence electrons. The summed E-state index contributed by atoms with van der Waals surface area (Å²) < 4.78 is 0. The normalized spacial score (nSPS) is 10.6. The van der Waals surface area contributed by atoms with Crippen molar-refractivity contribution in [3.8, 4) is 10.6 Å². The van der Waals surface area contributed by atoms with Crippen molar-refractivity contribution in [1.82, 2.24) is 14.9 Å². The fourth-order valence-electron chi connectivity index (χ4n) is 1.99. The molecule has 0 aromatic carbocycles. The van der Waals surface area contributed by atoms with Crippen LogP contribution in [0, 0.1) is 0 Å². The molecule has 0 saturated heterocycles. The molecule has 0 unspecified atom stereocenters. The number of hydrogen-bond acceptors (Lipinski definition) is 4. The second kappa shape index (κ2) is 7.88. The van der Waals surface area contributed by atoms with Gasteiger partial charge in [0.05, 0.1) is 5.69 Å². The Morgan fingerprint density at radius 2 is 2.10 bits per heavy atom. The zero-order valence-electron chi connectivity index (χ0n) is 12.6. The molecule has 0 fully saturated rings. The quantitative estimate of drug-likeness (QED) is 0.787. The first-order chi connectivity index (χ1) is 10.2. The Kier molecular flexibility index (Phi) is 5.87. The molecular formula is C16H21N3OS. The summed E-state index contributed by atoms with van der Waals surface area (Å²) in [4.78, 5) is 22.4. The van der Waals surface area contributed by atoms with Crippen molar-refractivity contribution < 1.29 is 4.79 Å². The Bertz CT molecular complexity index is 568. The van der Waals surface area contributed by atoms with Crippen molar-refractivity contribution in [1.29, 1.82) is 0 Å². The highest BCUT2D eigenvalue weighted by atomic mass is 32.1. The Morgan fingerprint density at radius 3 is 2.81 bits per heavy atom. The van der Waals surface area contributed by atoms with Crippen molar-refractivity contribution in [2.75, 3.05) is 13.6 Å². The van der Waals surface area contributed by atoms with Crippen molar-refractivity contribution in [3.63, 3.8) is 0 Å². The maximum absolute atomic E-state index is 12.0. The van der Waals surface area contributed by atoms with Gasteiger partial charge in [-0.3, -0.25) is 9.78 Å². The molecule has 0 spiro atoms. The molecular weight excluding hydrogens is 282 g/mol. The van der Waals surface area contributed by atoms with E-state index in [0.717, 1.165) is 35.7 Å². The zero-order valence-corrected chi connectivity index (χ0v) is 13.4. The third-order valence-corrected chi connectivity index (χ3v) is 4.29. The minimum atomic E-state index is 0.196. The lowest BCUT2D eigenvalue weighted by molar-refractivity contribution is -0.129. The Hall–Kier alpha value is -1.75. The predicted octanol–water partition coefficient (Wildman–Crippen LogP) is 3.40. The van der Waals surface area contributed by atoms with Gasteiger partial charge in [0.1, 0.15) is 5.01 Å². The third kappa shape index (κ3) is 4.63. The molecule has 0 aliphatic heterocycles. The summed E-state index contributed by atoms with van der Waals surface area (Å²) in [7, 11) is 1.88. The first kappa shape index (κ1) is 15.6. The van der Waals surface area contributed by atoms with Gasteiger partial charge in [0.15, 0.2) is 0 Å². The van der Waals surface area contributed by atoms with E-state index in [9.17, 15) is 4.79 Å². The minimum absolute atomic E-state index is 0.196. The van der Waals surface area contributed by atoms with Crippen LogP contribution >= 0.6 is 11.3 Å². The van der Waals surface area contributed by atoms with Gasteiger partial charge in [-0.15, -0.1) is 11.3 Å². The number of carbonyl (C=O) groups excluding carboxylic acids is 1. The van der Waals surface area contributed by atoms with Crippen LogP contribution in [0.15, 0.2) is 29.9 Å². The molecule has 0 N–H and O–H groups in total. The average molecular weight is 303 g/mol. The Morgan fingerprint density at radius 1 is 1.33 bits per heavy atom. The number of aryl methyl sites for hydroxylation is 1. The zero-order chi connectivity index (χ0) is 15.1. The van der Waals surface area contributed by atoms with Crippen LogP contribution in [0.4, 0.5) is 0 Å².